The standard InChI is InChI=1S/C21H33N5O/c1-16-5-3-8-25(12-16)15-20(27)26-9-4-6-17(14-26)21-22-11-18-13-24(2)10-7-19(18)23-21/h11,16-17H,3-10,12-15H2,1-2H3/t16-,17-/m0/s1. The van der Waals surface area contributed by atoms with Crippen LogP contribution >= 0.6 is 0 Å². The number of hydrogen-bond acceptors (Lipinski definition) is 5. The number of likely N-dealkylation sites (tertiary alicyclic amines) is 2. The molecule has 1 amide bonds. The lowest BCUT2D eigenvalue weighted by molar-refractivity contribution is -0.134. The van der Waals surface area contributed by atoms with Crippen LogP contribution in [0.1, 0.15) is 55.6 Å². The minimum Gasteiger partial charge on any atom is -0.341 e. The topological polar surface area (TPSA) is 52.6 Å². The molecule has 0 bridgehead atoms. The molecule has 6 nitrogen and oxygen atoms in total. The van der Waals surface area contributed by atoms with Crippen molar-refractivity contribution in [3.63, 3.8) is 0 Å². The molecule has 6 heteroatoms. The Labute approximate surface area is 162 Å². The van der Waals surface area contributed by atoms with Crippen LogP contribution in [0.15, 0.2) is 6.20 Å². The average molecular weight is 372 g/mol. The molecule has 148 valence electrons. The van der Waals surface area contributed by atoms with Gasteiger partial charge in [-0.15, -0.1) is 0 Å². The second kappa shape index (κ2) is 8.23. The van der Waals surface area contributed by atoms with Gasteiger partial charge in [-0.1, -0.05) is 6.92 Å². The Morgan fingerprint density at radius 1 is 1.19 bits per heavy atom. The van der Waals surface area contributed by atoms with Gasteiger partial charge in [0, 0.05) is 62.5 Å². The summed E-state index contributed by atoms with van der Waals surface area (Å²) < 4.78 is 0. The van der Waals surface area contributed by atoms with Gasteiger partial charge < -0.3 is 9.80 Å². The number of amides is 1. The van der Waals surface area contributed by atoms with E-state index in [9.17, 15) is 4.79 Å². The molecule has 0 spiro atoms. The van der Waals surface area contributed by atoms with Gasteiger partial charge in [0.2, 0.25) is 5.91 Å². The van der Waals surface area contributed by atoms with Crippen LogP contribution < -0.4 is 0 Å². The van der Waals surface area contributed by atoms with Crippen LogP contribution in [0.4, 0.5) is 0 Å². The van der Waals surface area contributed by atoms with Crippen LogP contribution in [-0.2, 0) is 17.8 Å². The number of hydrogen-bond donors (Lipinski definition) is 0. The molecule has 0 N–H and O–H groups in total. The maximum Gasteiger partial charge on any atom is 0.236 e. The summed E-state index contributed by atoms with van der Waals surface area (Å²) in [6.45, 7) is 8.66. The van der Waals surface area contributed by atoms with Crippen molar-refractivity contribution in [3.8, 4) is 0 Å². The molecule has 0 aromatic carbocycles. The van der Waals surface area contributed by atoms with Crippen molar-refractivity contribution in [2.24, 2.45) is 5.92 Å². The van der Waals surface area contributed by atoms with Crippen molar-refractivity contribution >= 4 is 5.91 Å². The van der Waals surface area contributed by atoms with Gasteiger partial charge in [-0.25, -0.2) is 9.97 Å². The number of aromatic nitrogens is 2. The van der Waals surface area contributed by atoms with Gasteiger partial charge in [0.15, 0.2) is 0 Å². The largest absolute Gasteiger partial charge is 0.341 e. The SMILES string of the molecule is C[C@H]1CCCN(CC(=O)N2CCC[C@H](c3ncc4c(n3)CCN(C)C4)C2)C1. The number of piperidine rings is 2. The minimum atomic E-state index is 0.285. The second-order valence-electron chi connectivity index (χ2n) is 8.85. The summed E-state index contributed by atoms with van der Waals surface area (Å²) in [5.74, 6) is 2.23. The highest BCUT2D eigenvalue weighted by Gasteiger charge is 2.29. The van der Waals surface area contributed by atoms with Crippen LogP contribution in [-0.4, -0.2) is 76.9 Å². The van der Waals surface area contributed by atoms with Crippen LogP contribution in [0.2, 0.25) is 0 Å². The first-order chi connectivity index (χ1) is 13.1. The first kappa shape index (κ1) is 18.8. The fraction of sp³-hybridized carbons (Fsp3) is 0.762. The van der Waals surface area contributed by atoms with Crippen molar-refractivity contribution in [1.29, 1.82) is 0 Å². The predicted molar refractivity (Wildman–Crippen MR) is 105 cm³/mol. The first-order valence-corrected chi connectivity index (χ1v) is 10.6. The monoisotopic (exact) mass is 371 g/mol. The van der Waals surface area contributed by atoms with Crippen LogP contribution in [0.3, 0.4) is 0 Å². The molecule has 4 rings (SSSR count). The number of likely N-dealkylation sites (N-methyl/N-ethyl adjacent to an activating group) is 1. The fourth-order valence-electron chi connectivity index (χ4n) is 4.81. The zero-order chi connectivity index (χ0) is 18.8. The molecule has 1 aromatic rings. The van der Waals surface area contributed by atoms with Crippen molar-refractivity contribution in [3.05, 3.63) is 23.3 Å². The lowest BCUT2D eigenvalue weighted by Gasteiger charge is -2.36. The minimum absolute atomic E-state index is 0.285. The van der Waals surface area contributed by atoms with Crippen LogP contribution in [0.25, 0.3) is 0 Å². The molecule has 3 aliphatic heterocycles. The summed E-state index contributed by atoms with van der Waals surface area (Å²) in [7, 11) is 2.14. The van der Waals surface area contributed by atoms with Crippen molar-refractivity contribution in [1.82, 2.24) is 24.7 Å². The van der Waals surface area contributed by atoms with Gasteiger partial charge in [0.25, 0.3) is 0 Å². The summed E-state index contributed by atoms with van der Waals surface area (Å²) >= 11 is 0. The number of rotatable bonds is 3. The third-order valence-electron chi connectivity index (χ3n) is 6.38. The Bertz CT molecular complexity index is 679. The lowest BCUT2D eigenvalue weighted by atomic mass is 9.96. The molecule has 3 aliphatic rings. The van der Waals surface area contributed by atoms with Crippen molar-refractivity contribution in [2.75, 3.05) is 46.3 Å². The Morgan fingerprint density at radius 2 is 2.04 bits per heavy atom. The van der Waals surface area contributed by atoms with E-state index in [1.807, 2.05) is 6.20 Å². The molecule has 1 aromatic heterocycles. The summed E-state index contributed by atoms with van der Waals surface area (Å²) in [6.07, 6.45) is 7.67. The van der Waals surface area contributed by atoms with E-state index in [2.05, 4.69) is 33.7 Å². The van der Waals surface area contributed by atoms with E-state index in [1.165, 1.54) is 24.1 Å². The number of carbonyl (C=O) groups excluding carboxylic acids is 1. The van der Waals surface area contributed by atoms with Gasteiger partial charge in [-0.2, -0.15) is 0 Å². The Balaban J connectivity index is 1.38. The van der Waals surface area contributed by atoms with Gasteiger partial charge in [-0.05, 0) is 45.2 Å². The summed E-state index contributed by atoms with van der Waals surface area (Å²) in [4.78, 5) is 29.2. The predicted octanol–water partition coefficient (Wildman–Crippen LogP) is 1.90. The average Bonchev–Trinajstić information content (AvgIpc) is 2.67. The van der Waals surface area contributed by atoms with E-state index in [4.69, 9.17) is 4.98 Å². The molecule has 27 heavy (non-hydrogen) atoms. The molecule has 2 atom stereocenters. The third kappa shape index (κ3) is 4.49. The molecule has 0 radical (unpaired) electrons. The van der Waals surface area contributed by atoms with Gasteiger partial charge in [0.1, 0.15) is 5.82 Å². The molecule has 0 saturated carbocycles. The highest BCUT2D eigenvalue weighted by atomic mass is 16.2. The molecule has 2 fully saturated rings. The van der Waals surface area contributed by atoms with Gasteiger partial charge >= 0.3 is 0 Å². The van der Waals surface area contributed by atoms with E-state index < -0.39 is 0 Å². The van der Waals surface area contributed by atoms with E-state index in [1.54, 1.807) is 0 Å². The van der Waals surface area contributed by atoms with Crippen LogP contribution in [0.5, 0.6) is 0 Å². The highest BCUT2D eigenvalue weighted by Crippen LogP contribution is 2.26. The molecule has 4 heterocycles. The Morgan fingerprint density at radius 3 is 2.89 bits per heavy atom. The third-order valence-corrected chi connectivity index (χ3v) is 6.38. The maximum atomic E-state index is 12.9. The fourth-order valence-corrected chi connectivity index (χ4v) is 4.81. The quantitative estimate of drug-likeness (QED) is 0.812. The smallest absolute Gasteiger partial charge is 0.236 e. The molecular weight excluding hydrogens is 338 g/mol. The van der Waals surface area contributed by atoms with Crippen molar-refractivity contribution < 1.29 is 4.79 Å². The van der Waals surface area contributed by atoms with Gasteiger partial charge in [-0.3, -0.25) is 9.69 Å². The number of carbonyl (C=O) groups is 1. The summed E-state index contributed by atoms with van der Waals surface area (Å²) in [5.41, 5.74) is 2.47. The molecule has 0 unspecified atom stereocenters. The second-order valence-corrected chi connectivity index (χ2v) is 8.85. The zero-order valence-electron chi connectivity index (χ0n) is 16.9. The van der Waals surface area contributed by atoms with E-state index in [0.29, 0.717) is 12.5 Å². The first-order valence-electron chi connectivity index (χ1n) is 10.6. The highest BCUT2D eigenvalue weighted by molar-refractivity contribution is 5.78. The number of fused-ring (bicyclic) bond motifs is 1. The van der Waals surface area contributed by atoms with Crippen LogP contribution in [0, 0.1) is 5.92 Å². The normalized spacial score (nSPS) is 27.4. The van der Waals surface area contributed by atoms with E-state index >= 15 is 0 Å². The van der Waals surface area contributed by atoms with Crippen molar-refractivity contribution in [2.45, 2.75) is 51.5 Å². The Hall–Kier alpha value is -1.53. The molecule has 2 saturated heterocycles. The molecule has 0 aliphatic carbocycles. The van der Waals surface area contributed by atoms with Gasteiger partial charge in [0.05, 0.1) is 6.54 Å². The number of nitrogens with zero attached hydrogens (tertiary/aromatic N) is 5. The lowest BCUT2D eigenvalue weighted by Crippen LogP contribution is -2.47. The van der Waals surface area contributed by atoms with E-state index in [-0.39, 0.29) is 11.8 Å². The zero-order valence-corrected chi connectivity index (χ0v) is 16.9. The van der Waals surface area contributed by atoms with E-state index in [0.717, 1.165) is 64.4 Å². The summed E-state index contributed by atoms with van der Waals surface area (Å²) in [6, 6.07) is 0. The molecular formula is C21H33N5O. The summed E-state index contributed by atoms with van der Waals surface area (Å²) in [5, 5.41) is 0. The Kier molecular flexibility index (Phi) is 5.74. The maximum absolute atomic E-state index is 12.9.